The molecule has 3 rings (SSSR count). The zero-order valence-corrected chi connectivity index (χ0v) is 18.5. The highest BCUT2D eigenvalue weighted by Crippen LogP contribution is 2.50. The van der Waals surface area contributed by atoms with E-state index < -0.39 is 0 Å². The van der Waals surface area contributed by atoms with Crippen molar-refractivity contribution < 1.29 is 19.3 Å². The molecule has 3 N–H and O–H groups in total. The van der Waals surface area contributed by atoms with Crippen LogP contribution >= 0.6 is 12.4 Å². The fourth-order valence-electron chi connectivity index (χ4n) is 3.95. The molecule has 2 aromatic rings. The van der Waals surface area contributed by atoms with Crippen LogP contribution in [0.3, 0.4) is 0 Å². The number of rotatable bonds is 7. The number of nitrogens with one attached hydrogen (secondary N) is 2. The monoisotopic (exact) mass is 436 g/mol. The number of benzene rings is 1. The summed E-state index contributed by atoms with van der Waals surface area (Å²) in [5.41, 5.74) is 4.11. The van der Waals surface area contributed by atoms with Crippen molar-refractivity contribution >= 4 is 18.1 Å². The Hall–Kier alpha value is -2.48. The third kappa shape index (κ3) is 4.33. The fraction of sp³-hybridized carbons (Fsp3) is 0.409. The first-order valence-corrected chi connectivity index (χ1v) is 9.62. The normalized spacial score (nSPS) is 14.5. The van der Waals surface area contributed by atoms with Gasteiger partial charge >= 0.3 is 0 Å². The molecule has 1 atom stereocenters. The summed E-state index contributed by atoms with van der Waals surface area (Å²) in [4.78, 5) is 12.8. The predicted octanol–water partition coefficient (Wildman–Crippen LogP) is 2.77. The van der Waals surface area contributed by atoms with Gasteiger partial charge in [-0.1, -0.05) is 6.07 Å². The Morgan fingerprint density at radius 1 is 1.10 bits per heavy atom. The Morgan fingerprint density at radius 2 is 1.83 bits per heavy atom. The van der Waals surface area contributed by atoms with Gasteiger partial charge in [-0.2, -0.15) is 0 Å². The molecule has 0 heterocycles. The quantitative estimate of drug-likeness (QED) is 0.615. The Kier molecular flexibility index (Phi) is 8.34. The Morgan fingerprint density at radius 3 is 2.43 bits per heavy atom. The van der Waals surface area contributed by atoms with E-state index in [-0.39, 0.29) is 30.5 Å². The zero-order chi connectivity index (χ0) is 21.0. The van der Waals surface area contributed by atoms with Gasteiger partial charge in [0.1, 0.15) is 0 Å². The molecule has 30 heavy (non-hydrogen) atoms. The van der Waals surface area contributed by atoms with E-state index in [9.17, 15) is 4.79 Å². The van der Waals surface area contributed by atoms with Gasteiger partial charge < -0.3 is 30.0 Å². The van der Waals surface area contributed by atoms with Crippen molar-refractivity contribution in [1.29, 1.82) is 0 Å². The van der Waals surface area contributed by atoms with Gasteiger partial charge in [0.2, 0.25) is 11.2 Å². The van der Waals surface area contributed by atoms with Gasteiger partial charge in [0.15, 0.2) is 11.5 Å². The second-order valence-corrected chi connectivity index (χ2v) is 6.83. The van der Waals surface area contributed by atoms with Crippen molar-refractivity contribution in [2.75, 3.05) is 46.8 Å². The Balaban J connectivity index is 0.00000320. The van der Waals surface area contributed by atoms with E-state index in [1.165, 1.54) is 0 Å². The highest BCUT2D eigenvalue weighted by molar-refractivity contribution is 5.85. The second-order valence-electron chi connectivity index (χ2n) is 6.83. The number of fused-ring (bicyclic) bond motifs is 3. The zero-order valence-electron chi connectivity index (χ0n) is 17.7. The van der Waals surface area contributed by atoms with E-state index in [1.807, 2.05) is 19.2 Å². The number of aliphatic hydroxyl groups is 1. The Labute approximate surface area is 182 Å². The number of ether oxygens (including phenoxy) is 3. The number of aryl methyl sites for hydroxylation is 1. The number of methoxy groups -OCH3 is 3. The summed E-state index contributed by atoms with van der Waals surface area (Å²) >= 11 is 0. The van der Waals surface area contributed by atoms with Crippen molar-refractivity contribution in [2.24, 2.45) is 0 Å². The van der Waals surface area contributed by atoms with Crippen LogP contribution in [0, 0.1) is 0 Å². The van der Waals surface area contributed by atoms with Gasteiger partial charge in [-0.05, 0) is 54.8 Å². The van der Waals surface area contributed by atoms with Gasteiger partial charge in [-0.25, -0.2) is 0 Å². The number of hydrogen-bond donors (Lipinski definition) is 3. The van der Waals surface area contributed by atoms with Crippen LogP contribution in [0.15, 0.2) is 29.1 Å². The van der Waals surface area contributed by atoms with Crippen LogP contribution in [0.4, 0.5) is 5.69 Å². The highest BCUT2D eigenvalue weighted by Gasteiger charge is 2.28. The number of anilines is 1. The molecule has 0 aromatic heterocycles. The lowest BCUT2D eigenvalue weighted by atomic mass is 9.95. The summed E-state index contributed by atoms with van der Waals surface area (Å²) in [5.74, 6) is 1.72. The molecule has 0 fully saturated rings. The summed E-state index contributed by atoms with van der Waals surface area (Å²) in [6.07, 6.45) is 1.61. The minimum absolute atomic E-state index is 0. The highest BCUT2D eigenvalue weighted by atomic mass is 35.5. The van der Waals surface area contributed by atoms with Crippen LogP contribution in [0.2, 0.25) is 0 Å². The lowest BCUT2D eigenvalue weighted by Crippen LogP contribution is -2.18. The topological polar surface area (TPSA) is 89.1 Å². The van der Waals surface area contributed by atoms with E-state index in [1.54, 1.807) is 33.5 Å². The van der Waals surface area contributed by atoms with Gasteiger partial charge in [0.05, 0.1) is 33.6 Å². The van der Waals surface area contributed by atoms with E-state index in [4.69, 9.17) is 19.3 Å². The summed E-state index contributed by atoms with van der Waals surface area (Å²) < 4.78 is 16.9. The van der Waals surface area contributed by atoms with Crippen molar-refractivity contribution in [2.45, 2.75) is 18.9 Å². The third-order valence-corrected chi connectivity index (χ3v) is 5.31. The van der Waals surface area contributed by atoms with Gasteiger partial charge in [-0.15, -0.1) is 12.4 Å². The van der Waals surface area contributed by atoms with Gasteiger partial charge in [0, 0.05) is 18.2 Å². The number of hydrogen-bond acceptors (Lipinski definition) is 7. The first kappa shape index (κ1) is 23.8. The maximum atomic E-state index is 12.8. The van der Waals surface area contributed by atoms with Crippen LogP contribution in [0.25, 0.3) is 11.1 Å². The third-order valence-electron chi connectivity index (χ3n) is 5.31. The molecule has 0 aliphatic heterocycles. The average molecular weight is 437 g/mol. The lowest BCUT2D eigenvalue weighted by Gasteiger charge is -2.19. The molecule has 0 saturated heterocycles. The molecule has 8 heteroatoms. The van der Waals surface area contributed by atoms with Crippen molar-refractivity contribution in [3.05, 3.63) is 45.6 Å². The summed E-state index contributed by atoms with van der Waals surface area (Å²) in [6.45, 7) is 0.259. The number of halogens is 1. The van der Waals surface area contributed by atoms with Crippen LogP contribution in [0.5, 0.6) is 17.2 Å². The molecule has 0 saturated carbocycles. The summed E-state index contributed by atoms with van der Waals surface area (Å²) in [5, 5.41) is 15.4. The van der Waals surface area contributed by atoms with Crippen LogP contribution < -0.4 is 30.3 Å². The Bertz CT molecular complexity index is 952. The molecule has 7 nitrogen and oxygen atoms in total. The van der Waals surface area contributed by atoms with Gasteiger partial charge in [-0.3, -0.25) is 4.79 Å². The molecular formula is C22H29ClN2O5. The first-order valence-electron chi connectivity index (χ1n) is 9.62. The smallest absolute Gasteiger partial charge is 0.203 e. The summed E-state index contributed by atoms with van der Waals surface area (Å²) in [6, 6.07) is 7.34. The number of aliphatic hydroxyl groups excluding tert-OH is 1. The van der Waals surface area contributed by atoms with Crippen molar-refractivity contribution in [3.63, 3.8) is 0 Å². The predicted molar refractivity (Wildman–Crippen MR) is 121 cm³/mol. The molecule has 0 amide bonds. The fourth-order valence-corrected chi connectivity index (χ4v) is 3.95. The standard InChI is InChI=1S/C22H28N2O5.ClH/c1-23-16-7-5-13-11-19(27-2)21(28-3)22(29-4)20(13)14-6-8-17(24-9-10-25)18(26)12-15(14)16;/h6,8,11-12,16,23,25H,5,7,9-10H2,1-4H3,(H,24,26);1H. The van der Waals surface area contributed by atoms with Crippen LogP contribution in [0.1, 0.15) is 23.6 Å². The molecule has 1 aliphatic rings. The van der Waals surface area contributed by atoms with E-state index in [0.717, 1.165) is 35.1 Å². The SMILES string of the molecule is CNC1CCc2cc(OC)c(OC)c(OC)c2-c2ccc(NCCO)c(=O)cc21.Cl. The summed E-state index contributed by atoms with van der Waals surface area (Å²) in [7, 11) is 6.69. The second kappa shape index (κ2) is 10.5. The largest absolute Gasteiger partial charge is 0.493 e. The maximum absolute atomic E-state index is 12.8. The molecule has 0 radical (unpaired) electrons. The molecular weight excluding hydrogens is 408 g/mol. The first-order chi connectivity index (χ1) is 14.1. The molecule has 1 aliphatic carbocycles. The maximum Gasteiger partial charge on any atom is 0.203 e. The van der Waals surface area contributed by atoms with E-state index in [2.05, 4.69) is 10.6 Å². The lowest BCUT2D eigenvalue weighted by molar-refractivity contribution is 0.311. The van der Waals surface area contributed by atoms with E-state index >= 15 is 0 Å². The minimum atomic E-state index is -0.122. The van der Waals surface area contributed by atoms with E-state index in [0.29, 0.717) is 29.5 Å². The molecule has 164 valence electrons. The average Bonchev–Trinajstić information content (AvgIpc) is 2.98. The minimum Gasteiger partial charge on any atom is -0.493 e. The van der Waals surface area contributed by atoms with Crippen molar-refractivity contribution in [1.82, 2.24) is 5.32 Å². The van der Waals surface area contributed by atoms with Crippen LogP contribution in [-0.2, 0) is 6.42 Å². The van der Waals surface area contributed by atoms with Crippen LogP contribution in [-0.4, -0.2) is 46.6 Å². The molecule has 0 spiro atoms. The van der Waals surface area contributed by atoms with Gasteiger partial charge in [0.25, 0.3) is 0 Å². The van der Waals surface area contributed by atoms with Crippen molar-refractivity contribution in [3.8, 4) is 28.4 Å². The molecule has 1 unspecified atom stereocenters. The molecule has 0 bridgehead atoms. The molecule has 2 aromatic carbocycles.